The highest BCUT2D eigenvalue weighted by Gasteiger charge is 2.28. The van der Waals surface area contributed by atoms with Crippen molar-refractivity contribution < 1.29 is 17.9 Å². The summed E-state index contributed by atoms with van der Waals surface area (Å²) in [6.07, 6.45) is 2.94. The number of rotatable bonds is 4. The number of fused-ring (bicyclic) bond motifs is 4. The number of sulfonamides is 1. The third-order valence-corrected chi connectivity index (χ3v) is 7.44. The first-order valence-electron chi connectivity index (χ1n) is 11.8. The van der Waals surface area contributed by atoms with Crippen molar-refractivity contribution in [2.45, 2.75) is 50.0 Å². The minimum absolute atomic E-state index is 0.0420. The van der Waals surface area contributed by atoms with Gasteiger partial charge in [0.25, 0.3) is 15.9 Å². The standard InChI is InChI=1S/C26H28N4O4S/c1-16(2)12-19-15-34-24-14-23(22-9-4-3-8-21(22)17-10-11-17)28-26(29-24)30-35(32,33)20-7-5-6-18(13-20)25(31)27-19/h3-9,13-14,16-17,19H,10-12,15H2,1-2H3,(H,27,31)(H,28,29,30)/t19-/m1/s1. The Morgan fingerprint density at radius 2 is 1.86 bits per heavy atom. The van der Waals surface area contributed by atoms with Gasteiger partial charge in [-0.1, -0.05) is 44.2 Å². The van der Waals surface area contributed by atoms with Crippen molar-refractivity contribution >= 4 is 21.9 Å². The average Bonchev–Trinajstić information content (AvgIpc) is 3.67. The third kappa shape index (κ3) is 5.30. The maximum Gasteiger partial charge on any atom is 0.264 e. The van der Waals surface area contributed by atoms with E-state index in [1.165, 1.54) is 17.7 Å². The van der Waals surface area contributed by atoms with Crippen molar-refractivity contribution in [2.24, 2.45) is 5.92 Å². The Balaban J connectivity index is 1.61. The topological polar surface area (TPSA) is 110 Å². The zero-order valence-corrected chi connectivity index (χ0v) is 20.5. The van der Waals surface area contributed by atoms with Crippen LogP contribution in [0.25, 0.3) is 11.3 Å². The van der Waals surface area contributed by atoms with Crippen molar-refractivity contribution in [3.05, 3.63) is 65.7 Å². The van der Waals surface area contributed by atoms with Crippen LogP contribution in [0.2, 0.25) is 0 Å². The number of carbonyl (C=O) groups is 1. The van der Waals surface area contributed by atoms with E-state index >= 15 is 0 Å². The molecule has 2 aliphatic rings. The summed E-state index contributed by atoms with van der Waals surface area (Å²) in [7, 11) is -4.04. The van der Waals surface area contributed by atoms with E-state index in [1.54, 1.807) is 18.2 Å². The lowest BCUT2D eigenvalue weighted by Gasteiger charge is -2.21. The average molecular weight is 493 g/mol. The molecule has 9 heteroatoms. The predicted molar refractivity (Wildman–Crippen MR) is 133 cm³/mol. The molecule has 1 amide bonds. The van der Waals surface area contributed by atoms with E-state index < -0.39 is 10.0 Å². The monoisotopic (exact) mass is 492 g/mol. The first-order chi connectivity index (χ1) is 16.8. The second kappa shape index (κ2) is 9.30. The number of nitrogens with one attached hydrogen (secondary N) is 2. The quantitative estimate of drug-likeness (QED) is 0.560. The van der Waals surface area contributed by atoms with E-state index in [0.29, 0.717) is 24.0 Å². The van der Waals surface area contributed by atoms with E-state index in [-0.39, 0.29) is 40.8 Å². The molecule has 182 valence electrons. The van der Waals surface area contributed by atoms with Crippen molar-refractivity contribution in [2.75, 3.05) is 11.3 Å². The summed E-state index contributed by atoms with van der Waals surface area (Å²) in [6.45, 7) is 4.33. The van der Waals surface area contributed by atoms with E-state index in [2.05, 4.69) is 39.9 Å². The maximum atomic E-state index is 13.2. The van der Waals surface area contributed by atoms with Gasteiger partial charge in [0.15, 0.2) is 0 Å². The van der Waals surface area contributed by atoms with Gasteiger partial charge in [-0.3, -0.25) is 4.79 Å². The van der Waals surface area contributed by atoms with Crippen molar-refractivity contribution in [3.8, 4) is 17.1 Å². The highest BCUT2D eigenvalue weighted by molar-refractivity contribution is 7.92. The fourth-order valence-electron chi connectivity index (χ4n) is 4.34. The lowest BCUT2D eigenvalue weighted by atomic mass is 10.0. The lowest BCUT2D eigenvalue weighted by molar-refractivity contribution is 0.0913. The van der Waals surface area contributed by atoms with Crippen LogP contribution in [0.1, 0.15) is 54.9 Å². The molecular formula is C26H28N4O4S. The Bertz CT molecular complexity index is 1370. The minimum atomic E-state index is -4.04. The summed E-state index contributed by atoms with van der Waals surface area (Å²) >= 11 is 0. The summed E-state index contributed by atoms with van der Waals surface area (Å²) in [6, 6.07) is 15.4. The van der Waals surface area contributed by atoms with Crippen LogP contribution in [-0.4, -0.2) is 36.9 Å². The van der Waals surface area contributed by atoms with Gasteiger partial charge in [-0.05, 0) is 54.9 Å². The molecule has 8 nitrogen and oxygen atoms in total. The molecule has 2 N–H and O–H groups in total. The molecule has 1 atom stereocenters. The zero-order chi connectivity index (χ0) is 24.6. The molecule has 3 aromatic rings. The smallest absolute Gasteiger partial charge is 0.264 e. The van der Waals surface area contributed by atoms with Crippen LogP contribution in [0.3, 0.4) is 0 Å². The Hall–Kier alpha value is -3.46. The highest BCUT2D eigenvalue weighted by Crippen LogP contribution is 2.44. The second-order valence-corrected chi connectivity index (χ2v) is 11.2. The first kappa shape index (κ1) is 23.3. The van der Waals surface area contributed by atoms with E-state index in [0.717, 1.165) is 18.4 Å². The summed E-state index contributed by atoms with van der Waals surface area (Å²) in [5.74, 6) is 0.607. The van der Waals surface area contributed by atoms with Gasteiger partial charge in [-0.2, -0.15) is 4.98 Å². The van der Waals surface area contributed by atoms with Gasteiger partial charge in [0.05, 0.1) is 16.6 Å². The number of amides is 1. The van der Waals surface area contributed by atoms with Crippen molar-refractivity contribution in [1.29, 1.82) is 0 Å². The lowest BCUT2D eigenvalue weighted by Crippen LogP contribution is -2.40. The Kier molecular flexibility index (Phi) is 6.19. The molecule has 1 aliphatic heterocycles. The predicted octanol–water partition coefficient (Wildman–Crippen LogP) is 4.36. The van der Waals surface area contributed by atoms with E-state index in [4.69, 9.17) is 4.74 Å². The molecule has 1 saturated carbocycles. The second-order valence-electron chi connectivity index (χ2n) is 9.52. The molecule has 1 fully saturated rings. The summed E-state index contributed by atoms with van der Waals surface area (Å²) < 4.78 is 34.8. The van der Waals surface area contributed by atoms with Gasteiger partial charge in [-0.15, -0.1) is 0 Å². The Labute approximate surface area is 205 Å². The molecule has 4 bridgehead atoms. The number of ether oxygens (including phenoxy) is 1. The fourth-order valence-corrected chi connectivity index (χ4v) is 5.33. The van der Waals surface area contributed by atoms with Crippen LogP contribution in [-0.2, 0) is 10.0 Å². The summed E-state index contributed by atoms with van der Waals surface area (Å²) in [5, 5.41) is 2.99. The molecule has 2 aromatic carbocycles. The van der Waals surface area contributed by atoms with Gasteiger partial charge in [0.1, 0.15) is 6.61 Å². The first-order valence-corrected chi connectivity index (χ1v) is 13.3. The maximum absolute atomic E-state index is 13.2. The van der Waals surface area contributed by atoms with Gasteiger partial charge in [0, 0.05) is 17.2 Å². The third-order valence-electron chi connectivity index (χ3n) is 6.11. The van der Waals surface area contributed by atoms with Crippen LogP contribution >= 0.6 is 0 Å². The SMILES string of the molecule is CC(C)C[C@@H]1COc2cc(-c3ccccc3C3CC3)nc(n2)NS(=O)(=O)c2cccc(c2)C(=O)N1. The fraction of sp³-hybridized carbons (Fsp3) is 0.346. The molecule has 0 unspecified atom stereocenters. The number of hydrogen-bond acceptors (Lipinski definition) is 6. The van der Waals surface area contributed by atoms with Gasteiger partial charge in [0.2, 0.25) is 11.8 Å². The Morgan fingerprint density at radius 3 is 2.63 bits per heavy atom. The minimum Gasteiger partial charge on any atom is -0.475 e. The zero-order valence-electron chi connectivity index (χ0n) is 19.7. The normalized spacial score (nSPS) is 19.4. The summed E-state index contributed by atoms with van der Waals surface area (Å²) in [5.41, 5.74) is 2.96. The van der Waals surface area contributed by atoms with Crippen LogP contribution < -0.4 is 14.8 Å². The number of carbonyl (C=O) groups excluding carboxylic acids is 1. The largest absolute Gasteiger partial charge is 0.475 e. The molecular weight excluding hydrogens is 464 g/mol. The van der Waals surface area contributed by atoms with Crippen molar-refractivity contribution in [1.82, 2.24) is 15.3 Å². The number of nitrogens with zero attached hydrogens (tertiary/aromatic N) is 2. The molecule has 0 saturated heterocycles. The van der Waals surface area contributed by atoms with Crippen LogP contribution in [0.4, 0.5) is 5.95 Å². The van der Waals surface area contributed by atoms with E-state index in [9.17, 15) is 13.2 Å². The van der Waals surface area contributed by atoms with Crippen molar-refractivity contribution in [3.63, 3.8) is 0 Å². The molecule has 1 aromatic heterocycles. The molecule has 2 heterocycles. The van der Waals surface area contributed by atoms with Gasteiger partial charge < -0.3 is 10.1 Å². The highest BCUT2D eigenvalue weighted by atomic mass is 32.2. The Morgan fingerprint density at radius 1 is 1.06 bits per heavy atom. The number of benzene rings is 2. The van der Waals surface area contributed by atoms with Crippen LogP contribution in [0.5, 0.6) is 5.88 Å². The van der Waals surface area contributed by atoms with Gasteiger partial charge in [-0.25, -0.2) is 18.1 Å². The van der Waals surface area contributed by atoms with Crippen LogP contribution in [0, 0.1) is 5.92 Å². The number of anilines is 1. The molecule has 5 rings (SSSR count). The summed E-state index contributed by atoms with van der Waals surface area (Å²) in [4.78, 5) is 21.8. The molecule has 1 aliphatic carbocycles. The molecule has 0 radical (unpaired) electrons. The van der Waals surface area contributed by atoms with Crippen LogP contribution in [0.15, 0.2) is 59.5 Å². The van der Waals surface area contributed by atoms with Gasteiger partial charge >= 0.3 is 0 Å². The number of hydrogen-bond donors (Lipinski definition) is 2. The van der Waals surface area contributed by atoms with E-state index in [1.807, 2.05) is 18.2 Å². The molecule has 0 spiro atoms. The number of aromatic nitrogens is 2. The molecule has 35 heavy (non-hydrogen) atoms.